The molecule has 2 rings (SSSR count). The number of hydrogen-bond donors (Lipinski definition) is 0. The minimum Gasteiger partial charge on any atom is -0.434 e. The molecule has 0 heterocycles. The zero-order valence-electron chi connectivity index (χ0n) is 15.2. The molecule has 134 valence electrons. The third-order valence-corrected chi connectivity index (χ3v) is 5.91. The van der Waals surface area contributed by atoms with Crippen molar-refractivity contribution >= 4 is 6.16 Å². The second-order valence-corrected chi connectivity index (χ2v) is 8.03. The van der Waals surface area contributed by atoms with Gasteiger partial charge in [0.1, 0.15) is 0 Å². The molecular formula is C20H36O3. The molecule has 2 fully saturated rings. The Labute approximate surface area is 142 Å². The normalized spacial score (nSPS) is 32.1. The van der Waals surface area contributed by atoms with Crippen molar-refractivity contribution in [3.63, 3.8) is 0 Å². The van der Waals surface area contributed by atoms with E-state index in [1.54, 1.807) is 0 Å². The van der Waals surface area contributed by atoms with Crippen molar-refractivity contribution in [3.8, 4) is 0 Å². The number of rotatable bonds is 6. The molecular weight excluding hydrogens is 288 g/mol. The molecule has 0 aliphatic heterocycles. The summed E-state index contributed by atoms with van der Waals surface area (Å²) in [7, 11) is 0. The van der Waals surface area contributed by atoms with Gasteiger partial charge in [-0.25, -0.2) is 4.79 Å². The van der Waals surface area contributed by atoms with Gasteiger partial charge < -0.3 is 9.47 Å². The highest BCUT2D eigenvalue weighted by Gasteiger charge is 2.22. The zero-order valence-corrected chi connectivity index (χ0v) is 15.2. The minimum atomic E-state index is -0.446. The van der Waals surface area contributed by atoms with Crippen LogP contribution in [-0.2, 0) is 9.47 Å². The fraction of sp³-hybridized carbons (Fsp3) is 0.950. The summed E-state index contributed by atoms with van der Waals surface area (Å²) in [6.45, 7) is 5.69. The van der Waals surface area contributed by atoms with Crippen molar-refractivity contribution in [1.29, 1.82) is 0 Å². The number of carbonyl (C=O) groups is 1. The lowest BCUT2D eigenvalue weighted by atomic mass is 9.83. The number of ether oxygens (including phenoxy) is 2. The molecule has 0 aromatic heterocycles. The average Bonchev–Trinajstić information content (AvgIpc) is 2.78. The van der Waals surface area contributed by atoms with Crippen LogP contribution >= 0.6 is 0 Å². The first kappa shape index (κ1) is 18.6. The fourth-order valence-electron chi connectivity index (χ4n) is 4.23. The molecule has 0 amide bonds. The van der Waals surface area contributed by atoms with E-state index >= 15 is 0 Å². The Hall–Kier alpha value is -0.730. The van der Waals surface area contributed by atoms with Crippen molar-refractivity contribution in [2.45, 2.75) is 84.5 Å². The van der Waals surface area contributed by atoms with Crippen molar-refractivity contribution in [2.24, 2.45) is 23.7 Å². The third kappa shape index (κ3) is 7.14. The predicted octanol–water partition coefficient (Wildman–Crippen LogP) is 5.96. The molecule has 0 bridgehead atoms. The molecule has 0 aromatic carbocycles. The zero-order chi connectivity index (χ0) is 16.5. The molecule has 23 heavy (non-hydrogen) atoms. The van der Waals surface area contributed by atoms with Gasteiger partial charge in [0.25, 0.3) is 0 Å². The quantitative estimate of drug-likeness (QED) is 0.446. The van der Waals surface area contributed by atoms with E-state index in [-0.39, 0.29) is 0 Å². The van der Waals surface area contributed by atoms with E-state index < -0.39 is 6.16 Å². The summed E-state index contributed by atoms with van der Waals surface area (Å²) in [5.41, 5.74) is 0. The number of carbonyl (C=O) groups excluding carboxylic acids is 1. The lowest BCUT2D eigenvalue weighted by Gasteiger charge is -2.25. The van der Waals surface area contributed by atoms with E-state index in [2.05, 4.69) is 13.8 Å². The van der Waals surface area contributed by atoms with E-state index in [1.807, 2.05) is 0 Å². The molecule has 3 heteroatoms. The lowest BCUT2D eigenvalue weighted by molar-refractivity contribution is 0.0276. The SMILES string of the molecule is CCCC1CCCC(COC(=O)OCC2CCC(C)CC2)CC1. The molecule has 3 nitrogen and oxygen atoms in total. The highest BCUT2D eigenvalue weighted by atomic mass is 16.7. The fourth-order valence-corrected chi connectivity index (χ4v) is 4.23. The molecule has 0 radical (unpaired) electrons. The standard InChI is InChI=1S/C20H36O3/c1-3-5-17-6-4-7-18(13-12-17)14-22-20(21)23-15-19-10-8-16(2)9-11-19/h16-19H,3-15H2,1-2H3. The maximum atomic E-state index is 11.8. The Balaban J connectivity index is 1.57. The van der Waals surface area contributed by atoms with Crippen LogP contribution < -0.4 is 0 Å². The maximum absolute atomic E-state index is 11.8. The van der Waals surface area contributed by atoms with Crippen molar-refractivity contribution in [2.75, 3.05) is 13.2 Å². The van der Waals surface area contributed by atoms with Gasteiger partial charge in [-0.1, -0.05) is 58.8 Å². The van der Waals surface area contributed by atoms with Crippen molar-refractivity contribution < 1.29 is 14.3 Å². The summed E-state index contributed by atoms with van der Waals surface area (Å²) < 4.78 is 10.7. The highest BCUT2D eigenvalue weighted by Crippen LogP contribution is 2.30. The van der Waals surface area contributed by atoms with Gasteiger partial charge in [0.05, 0.1) is 13.2 Å². The molecule has 2 aliphatic carbocycles. The van der Waals surface area contributed by atoms with Crippen LogP contribution in [-0.4, -0.2) is 19.4 Å². The smallest absolute Gasteiger partial charge is 0.434 e. The Morgan fingerprint density at radius 2 is 1.35 bits per heavy atom. The van der Waals surface area contributed by atoms with Gasteiger partial charge in [-0.3, -0.25) is 0 Å². The van der Waals surface area contributed by atoms with E-state index in [0.29, 0.717) is 25.0 Å². The van der Waals surface area contributed by atoms with Gasteiger partial charge in [0, 0.05) is 0 Å². The molecule has 0 N–H and O–H groups in total. The lowest BCUT2D eigenvalue weighted by Crippen LogP contribution is -2.21. The molecule has 2 atom stereocenters. The summed E-state index contributed by atoms with van der Waals surface area (Å²) >= 11 is 0. The highest BCUT2D eigenvalue weighted by molar-refractivity contribution is 5.59. The van der Waals surface area contributed by atoms with E-state index in [0.717, 1.165) is 11.8 Å². The first-order valence-electron chi connectivity index (χ1n) is 9.96. The Bertz CT molecular complexity index is 334. The first-order valence-corrected chi connectivity index (χ1v) is 9.96. The van der Waals surface area contributed by atoms with Crippen LogP contribution in [0.3, 0.4) is 0 Å². The minimum absolute atomic E-state index is 0.446. The largest absolute Gasteiger partial charge is 0.508 e. The molecule has 2 unspecified atom stereocenters. The molecule has 0 aromatic rings. The van der Waals surface area contributed by atoms with Crippen molar-refractivity contribution in [1.82, 2.24) is 0 Å². The Kier molecular flexibility index (Phi) is 8.25. The van der Waals surface area contributed by atoms with Crippen LogP contribution in [0.5, 0.6) is 0 Å². The maximum Gasteiger partial charge on any atom is 0.508 e. The predicted molar refractivity (Wildman–Crippen MR) is 93.4 cm³/mol. The summed E-state index contributed by atoms with van der Waals surface area (Å²) in [5, 5.41) is 0. The third-order valence-electron chi connectivity index (χ3n) is 5.91. The van der Waals surface area contributed by atoms with E-state index in [4.69, 9.17) is 9.47 Å². The van der Waals surface area contributed by atoms with Gasteiger partial charge in [-0.2, -0.15) is 0 Å². The van der Waals surface area contributed by atoms with Crippen molar-refractivity contribution in [3.05, 3.63) is 0 Å². The van der Waals surface area contributed by atoms with Crippen LogP contribution in [0.2, 0.25) is 0 Å². The summed E-state index contributed by atoms with van der Waals surface area (Å²) in [4.78, 5) is 11.8. The van der Waals surface area contributed by atoms with E-state index in [9.17, 15) is 4.79 Å². The summed E-state index contributed by atoms with van der Waals surface area (Å²) in [6, 6.07) is 0. The Morgan fingerprint density at radius 1 is 0.826 bits per heavy atom. The van der Waals surface area contributed by atoms with Gasteiger partial charge in [-0.05, 0) is 49.4 Å². The molecule has 0 spiro atoms. The second-order valence-electron chi connectivity index (χ2n) is 8.03. The van der Waals surface area contributed by atoms with Gasteiger partial charge in [0.2, 0.25) is 0 Å². The summed E-state index contributed by atoms with van der Waals surface area (Å²) in [6.07, 6.45) is 13.5. The Morgan fingerprint density at radius 3 is 2.00 bits per heavy atom. The topological polar surface area (TPSA) is 35.5 Å². The van der Waals surface area contributed by atoms with Crippen LogP contribution in [0.4, 0.5) is 4.79 Å². The first-order chi connectivity index (χ1) is 11.2. The monoisotopic (exact) mass is 324 g/mol. The molecule has 2 aliphatic rings. The molecule has 0 saturated heterocycles. The van der Waals surface area contributed by atoms with Crippen LogP contribution in [0.15, 0.2) is 0 Å². The van der Waals surface area contributed by atoms with Gasteiger partial charge in [-0.15, -0.1) is 0 Å². The van der Waals surface area contributed by atoms with Gasteiger partial charge >= 0.3 is 6.16 Å². The van der Waals surface area contributed by atoms with Gasteiger partial charge in [0.15, 0.2) is 0 Å². The number of hydrogen-bond acceptors (Lipinski definition) is 3. The summed E-state index contributed by atoms with van der Waals surface area (Å²) in [5.74, 6) is 2.82. The second kappa shape index (κ2) is 10.2. The molecule has 2 saturated carbocycles. The van der Waals surface area contributed by atoms with Crippen LogP contribution in [0, 0.1) is 23.7 Å². The van der Waals surface area contributed by atoms with Crippen LogP contribution in [0.25, 0.3) is 0 Å². The van der Waals surface area contributed by atoms with E-state index in [1.165, 1.54) is 70.6 Å². The average molecular weight is 325 g/mol. The van der Waals surface area contributed by atoms with Crippen LogP contribution in [0.1, 0.15) is 84.5 Å².